The highest BCUT2D eigenvalue weighted by atomic mass is 32.2. The van der Waals surface area contributed by atoms with E-state index in [9.17, 15) is 22.2 Å². The Labute approximate surface area is 209 Å². The number of nitrogens with one attached hydrogen (secondary N) is 3. The molecule has 0 aliphatic rings. The third-order valence-corrected chi connectivity index (χ3v) is 6.89. The number of nitrogens with zero attached hydrogens (tertiary/aromatic N) is 2. The van der Waals surface area contributed by atoms with Crippen LogP contribution in [0.2, 0.25) is 0 Å². The number of carbonyl (C=O) groups is 1. The van der Waals surface area contributed by atoms with Crippen molar-refractivity contribution in [1.29, 1.82) is 0 Å². The lowest BCUT2D eigenvalue weighted by molar-refractivity contribution is 0.252. The molecule has 0 saturated heterocycles. The fourth-order valence-electron chi connectivity index (χ4n) is 3.17. The summed E-state index contributed by atoms with van der Waals surface area (Å²) in [5, 5.41) is 5.13. The van der Waals surface area contributed by atoms with Gasteiger partial charge in [0.05, 0.1) is 26.7 Å². The van der Waals surface area contributed by atoms with Gasteiger partial charge in [-0.15, -0.1) is 0 Å². The molecule has 4 aromatic rings. The topological polar surface area (TPSA) is 96.0 Å². The minimum Gasteiger partial charge on any atom is -0.338 e. The normalized spacial score (nSPS) is 11.7. The molecule has 2 aromatic heterocycles. The quantitative estimate of drug-likeness (QED) is 0.265. The third-order valence-electron chi connectivity index (χ3n) is 4.75. The van der Waals surface area contributed by atoms with Gasteiger partial charge in [0.15, 0.2) is 21.9 Å². The van der Waals surface area contributed by atoms with Gasteiger partial charge in [0.25, 0.3) is 0 Å². The molecule has 1 atom stereocenters. The van der Waals surface area contributed by atoms with Gasteiger partial charge in [0.2, 0.25) is 0 Å². The first kappa shape index (κ1) is 25.3. The summed E-state index contributed by atoms with van der Waals surface area (Å²) in [6, 6.07) is 6.91. The number of benzene rings is 2. The van der Waals surface area contributed by atoms with Crippen molar-refractivity contribution in [2.45, 2.75) is 11.8 Å². The number of hydrogen-bond acceptors (Lipinski definition) is 5. The lowest BCUT2D eigenvalue weighted by atomic mass is 10.1. The summed E-state index contributed by atoms with van der Waals surface area (Å²) in [4.78, 5) is 19.9. The van der Waals surface area contributed by atoms with Crippen LogP contribution in [-0.4, -0.2) is 26.8 Å². The molecule has 3 N–H and O–H groups in total. The van der Waals surface area contributed by atoms with Crippen LogP contribution in [0.5, 0.6) is 0 Å². The Morgan fingerprint density at radius 3 is 2.47 bits per heavy atom. The first-order chi connectivity index (χ1) is 17.3. The zero-order valence-corrected chi connectivity index (χ0v) is 20.1. The highest BCUT2D eigenvalue weighted by Crippen LogP contribution is 2.42. The Morgan fingerprint density at radius 1 is 1.03 bits per heavy atom. The van der Waals surface area contributed by atoms with Gasteiger partial charge in [-0.2, -0.15) is 0 Å². The number of hydrogen-bond donors (Lipinski definition) is 3. The zero-order chi connectivity index (χ0) is 25.8. The molecule has 0 spiro atoms. The van der Waals surface area contributed by atoms with Crippen LogP contribution in [0.4, 0.5) is 33.2 Å². The molecular weight excluding hydrogens is 518 g/mol. The summed E-state index contributed by atoms with van der Waals surface area (Å²) in [6.07, 6.45) is 2.97. The van der Waals surface area contributed by atoms with Crippen molar-refractivity contribution in [3.05, 3.63) is 78.1 Å². The molecule has 36 heavy (non-hydrogen) atoms. The molecule has 0 aliphatic heterocycles. The van der Waals surface area contributed by atoms with Crippen LogP contribution in [0.15, 0.2) is 59.8 Å². The molecule has 186 valence electrons. The van der Waals surface area contributed by atoms with E-state index >= 15 is 4.39 Å². The number of amides is 2. The maximum Gasteiger partial charge on any atom is 0.321 e. The summed E-state index contributed by atoms with van der Waals surface area (Å²) in [5.74, 6) is -3.94. The minimum atomic E-state index is -2.40. The number of aromatic nitrogens is 2. The van der Waals surface area contributed by atoms with E-state index in [1.807, 2.05) is 0 Å². The van der Waals surface area contributed by atoms with Crippen molar-refractivity contribution >= 4 is 39.2 Å². The number of rotatable bonds is 7. The van der Waals surface area contributed by atoms with E-state index in [-0.39, 0.29) is 10.8 Å². The number of anilines is 2. The zero-order valence-electron chi connectivity index (χ0n) is 18.4. The summed E-state index contributed by atoms with van der Waals surface area (Å²) >= 11 is 0.983. The summed E-state index contributed by atoms with van der Waals surface area (Å²) in [5.41, 5.74) is -0.590. The van der Waals surface area contributed by atoms with Crippen LogP contribution in [-0.2, 0) is 11.0 Å². The molecule has 0 bridgehead atoms. The van der Waals surface area contributed by atoms with E-state index < -0.39 is 56.4 Å². The van der Waals surface area contributed by atoms with Crippen LogP contribution in [0, 0.1) is 23.3 Å². The number of thiazole rings is 1. The molecule has 0 saturated carbocycles. The molecule has 2 amide bonds. The van der Waals surface area contributed by atoms with E-state index in [2.05, 4.69) is 25.3 Å². The smallest absolute Gasteiger partial charge is 0.321 e. The number of halogens is 4. The van der Waals surface area contributed by atoms with Gasteiger partial charge in [-0.25, -0.2) is 31.5 Å². The second-order valence-electron chi connectivity index (χ2n) is 7.15. The average molecular weight is 536 g/mol. The van der Waals surface area contributed by atoms with Crippen LogP contribution >= 0.6 is 11.3 Å². The Hall–Kier alpha value is -3.84. The standard InChI is InChI=1S/C23H17F4N5O2S2/c1-2-29-22(33)31-23-30-20(21(35-23)12-7-9-28-10-8-12)18-15(26)5-6-16(19(18)27)32-36(34)17-11-13(24)3-4-14(17)25/h3-11,32H,2H2,1H3,(H2,29,30,31,33). The fraction of sp³-hybridized carbons (Fsp3) is 0.0870. The van der Waals surface area contributed by atoms with E-state index in [1.165, 1.54) is 12.4 Å². The van der Waals surface area contributed by atoms with Gasteiger partial charge in [0, 0.05) is 18.9 Å². The van der Waals surface area contributed by atoms with Gasteiger partial charge in [-0.05, 0) is 55.0 Å². The lowest BCUT2D eigenvalue weighted by Crippen LogP contribution is -2.28. The number of urea groups is 1. The van der Waals surface area contributed by atoms with Gasteiger partial charge >= 0.3 is 6.03 Å². The Bertz CT molecular complexity index is 1450. The van der Waals surface area contributed by atoms with E-state index in [1.54, 1.807) is 19.1 Å². The van der Waals surface area contributed by atoms with Crippen molar-refractivity contribution < 1.29 is 26.6 Å². The fourth-order valence-corrected chi connectivity index (χ4v) is 5.07. The van der Waals surface area contributed by atoms with Crippen molar-refractivity contribution in [3.8, 4) is 21.7 Å². The molecule has 0 radical (unpaired) electrons. The largest absolute Gasteiger partial charge is 0.338 e. The Balaban J connectivity index is 1.78. The average Bonchev–Trinajstić information content (AvgIpc) is 3.26. The predicted octanol–water partition coefficient (Wildman–Crippen LogP) is 5.70. The summed E-state index contributed by atoms with van der Waals surface area (Å²) in [6.45, 7) is 2.07. The van der Waals surface area contributed by atoms with Crippen LogP contribution in [0.1, 0.15) is 6.92 Å². The lowest BCUT2D eigenvalue weighted by Gasteiger charge is -2.12. The molecule has 4 rings (SSSR count). The van der Waals surface area contributed by atoms with Crippen molar-refractivity contribution in [2.75, 3.05) is 16.6 Å². The minimum absolute atomic E-state index is 0.0744. The second-order valence-corrected chi connectivity index (χ2v) is 9.33. The molecule has 13 heteroatoms. The Morgan fingerprint density at radius 2 is 1.75 bits per heavy atom. The van der Waals surface area contributed by atoms with Gasteiger partial charge in [-0.1, -0.05) is 11.3 Å². The van der Waals surface area contributed by atoms with Crippen molar-refractivity contribution in [1.82, 2.24) is 15.3 Å². The first-order valence-corrected chi connectivity index (χ1v) is 12.3. The van der Waals surface area contributed by atoms with Gasteiger partial charge in [0.1, 0.15) is 17.5 Å². The van der Waals surface area contributed by atoms with Crippen LogP contribution in [0.25, 0.3) is 21.7 Å². The second kappa shape index (κ2) is 10.8. The number of pyridine rings is 1. The maximum absolute atomic E-state index is 15.6. The first-order valence-electron chi connectivity index (χ1n) is 10.4. The highest BCUT2D eigenvalue weighted by Gasteiger charge is 2.25. The highest BCUT2D eigenvalue weighted by molar-refractivity contribution is 7.86. The Kier molecular flexibility index (Phi) is 7.60. The monoisotopic (exact) mass is 535 g/mol. The number of carbonyl (C=O) groups excluding carboxylic acids is 1. The van der Waals surface area contributed by atoms with E-state index in [0.29, 0.717) is 23.1 Å². The molecule has 2 heterocycles. The summed E-state index contributed by atoms with van der Waals surface area (Å²) in [7, 11) is -2.40. The third kappa shape index (κ3) is 5.36. The predicted molar refractivity (Wildman–Crippen MR) is 130 cm³/mol. The van der Waals surface area contributed by atoms with Gasteiger partial charge in [-0.3, -0.25) is 15.0 Å². The van der Waals surface area contributed by atoms with Gasteiger partial charge < -0.3 is 5.32 Å². The summed E-state index contributed by atoms with van der Waals surface area (Å²) < 4.78 is 73.0. The van der Waals surface area contributed by atoms with E-state index in [4.69, 9.17) is 0 Å². The molecular formula is C23H17F4N5O2S2. The van der Waals surface area contributed by atoms with Crippen molar-refractivity contribution in [3.63, 3.8) is 0 Å². The van der Waals surface area contributed by atoms with Crippen LogP contribution in [0.3, 0.4) is 0 Å². The maximum atomic E-state index is 15.6. The van der Waals surface area contributed by atoms with Crippen LogP contribution < -0.4 is 15.4 Å². The molecule has 2 aromatic carbocycles. The SMILES string of the molecule is CCNC(=O)Nc1nc(-c2c(F)ccc(NS(=O)c3cc(F)ccc3F)c2F)c(-c2ccncc2)s1. The van der Waals surface area contributed by atoms with E-state index in [0.717, 1.165) is 35.6 Å². The molecule has 1 unspecified atom stereocenters. The van der Waals surface area contributed by atoms with Crippen molar-refractivity contribution in [2.24, 2.45) is 0 Å². The molecule has 0 aliphatic carbocycles. The molecule has 7 nitrogen and oxygen atoms in total. The molecule has 0 fully saturated rings.